The molecule has 0 saturated carbocycles. The van der Waals surface area contributed by atoms with Crippen LogP contribution in [0.25, 0.3) is 0 Å². The van der Waals surface area contributed by atoms with Crippen LogP contribution in [0.3, 0.4) is 0 Å². The van der Waals surface area contributed by atoms with Crippen molar-refractivity contribution in [2.45, 2.75) is 39.5 Å². The zero-order valence-electron chi connectivity index (χ0n) is 12.7. The van der Waals surface area contributed by atoms with Crippen LogP contribution in [0.4, 0.5) is 0 Å². The molecule has 2 aliphatic rings. The summed E-state index contributed by atoms with van der Waals surface area (Å²) in [6, 6.07) is 0. The number of allylic oxidation sites excluding steroid dienone is 12. The maximum absolute atomic E-state index is 2.44. The van der Waals surface area contributed by atoms with E-state index >= 15 is 0 Å². The summed E-state index contributed by atoms with van der Waals surface area (Å²) in [6.07, 6.45) is 23.4. The van der Waals surface area contributed by atoms with Crippen LogP contribution in [-0.2, 0) is 22.9 Å². The van der Waals surface area contributed by atoms with Gasteiger partial charge in [0, 0.05) is 0 Å². The Bertz CT molecular complexity index is 459. The van der Waals surface area contributed by atoms with Crippen LogP contribution < -0.4 is 9.41 Å². The Morgan fingerprint density at radius 1 is 0.857 bits per heavy atom. The first-order chi connectivity index (χ1) is 9.31. The average molecular weight is 455 g/mol. The van der Waals surface area contributed by atoms with Crippen molar-refractivity contribution < 1.29 is 32.3 Å². The smallest absolute Gasteiger partial charge is 1.00 e. The van der Waals surface area contributed by atoms with Crippen molar-refractivity contribution in [3.8, 4) is 0 Å². The molecule has 0 heterocycles. The number of hydrogen-bond donors (Lipinski definition) is 0. The Morgan fingerprint density at radius 2 is 1.29 bits per heavy atom. The molecular formula is C18H22F2Hf. The second kappa shape index (κ2) is 10.8. The van der Waals surface area contributed by atoms with Gasteiger partial charge in [0.2, 0.25) is 0 Å². The van der Waals surface area contributed by atoms with Crippen molar-refractivity contribution in [2.75, 3.05) is 0 Å². The van der Waals surface area contributed by atoms with Gasteiger partial charge in [-0.05, 0) is 0 Å². The first-order valence-electron chi connectivity index (χ1n) is 7.23. The maximum Gasteiger partial charge on any atom is -1.00 e. The summed E-state index contributed by atoms with van der Waals surface area (Å²) in [7, 11) is 0. The molecule has 2 rings (SSSR count). The van der Waals surface area contributed by atoms with Crippen molar-refractivity contribution in [3.63, 3.8) is 0 Å². The molecule has 0 aromatic rings. The fourth-order valence-corrected chi connectivity index (χ4v) is 6.88. The second-order valence-electron chi connectivity index (χ2n) is 4.90. The molecule has 0 radical (unpaired) electrons. The van der Waals surface area contributed by atoms with E-state index in [0.717, 1.165) is 12.8 Å². The molecule has 0 saturated heterocycles. The number of rotatable bonds is 6. The summed E-state index contributed by atoms with van der Waals surface area (Å²) in [5.74, 6) is 0. The van der Waals surface area contributed by atoms with Gasteiger partial charge in [-0.1, -0.05) is 0 Å². The Kier molecular flexibility index (Phi) is 10.4. The molecule has 2 aliphatic carbocycles. The summed E-state index contributed by atoms with van der Waals surface area (Å²) >= 11 is -0.729. The second-order valence-corrected chi connectivity index (χ2v) is 10.4. The molecule has 0 N–H and O–H groups in total. The van der Waals surface area contributed by atoms with Crippen molar-refractivity contribution in [1.82, 2.24) is 0 Å². The molecule has 0 aromatic heterocycles. The molecule has 21 heavy (non-hydrogen) atoms. The molecule has 0 fully saturated rings. The Labute approximate surface area is 138 Å². The minimum absolute atomic E-state index is 0. The molecule has 0 amide bonds. The topological polar surface area (TPSA) is 0 Å². The van der Waals surface area contributed by atoms with E-state index in [1.807, 2.05) is 0 Å². The third kappa shape index (κ3) is 6.64. The van der Waals surface area contributed by atoms with Gasteiger partial charge in [-0.2, -0.15) is 0 Å². The molecule has 0 nitrogen and oxygen atoms in total. The molecule has 3 heteroatoms. The SMILES string of the molecule is CC/C=C/C1=CC[C]([Hf+2][C]2=CC(/C=C/CC)=CC2)=C1.[F-].[F-]. The largest absolute Gasteiger partial charge is 1.00 e. The van der Waals surface area contributed by atoms with E-state index in [0.29, 0.717) is 0 Å². The van der Waals surface area contributed by atoms with E-state index < -0.39 is 22.9 Å². The molecule has 0 unspecified atom stereocenters. The van der Waals surface area contributed by atoms with Gasteiger partial charge in [0.1, 0.15) is 0 Å². The standard InChI is InChI=1S/2C9H11.2FH.Hf/c2*1-2-3-6-9-7-4-5-8-9;;;/h2*3,6-8H,2,4H2,1H3;2*1H;/q;;;;+2/p-2/b2*6-3+;;;. The zero-order chi connectivity index (χ0) is 13.5. The van der Waals surface area contributed by atoms with Gasteiger partial charge < -0.3 is 9.41 Å². The maximum atomic E-state index is 2.44. The van der Waals surface area contributed by atoms with Crippen LogP contribution >= 0.6 is 0 Å². The van der Waals surface area contributed by atoms with Crippen molar-refractivity contribution >= 4 is 0 Å². The van der Waals surface area contributed by atoms with E-state index in [-0.39, 0.29) is 9.41 Å². The van der Waals surface area contributed by atoms with Gasteiger partial charge in [-0.3, -0.25) is 0 Å². The minimum Gasteiger partial charge on any atom is -1.00 e. The van der Waals surface area contributed by atoms with Gasteiger partial charge in [-0.25, -0.2) is 0 Å². The average Bonchev–Trinajstić information content (AvgIpc) is 3.04. The third-order valence-corrected chi connectivity index (χ3v) is 8.02. The summed E-state index contributed by atoms with van der Waals surface area (Å²) in [5, 5.41) is 0. The number of hydrogen-bond acceptors (Lipinski definition) is 0. The quantitative estimate of drug-likeness (QED) is 0.472. The van der Waals surface area contributed by atoms with Gasteiger partial charge in [0.25, 0.3) is 0 Å². The van der Waals surface area contributed by atoms with Crippen LogP contribution in [0, 0.1) is 0 Å². The van der Waals surface area contributed by atoms with Crippen LogP contribution in [0.2, 0.25) is 0 Å². The molecule has 0 aromatic carbocycles. The van der Waals surface area contributed by atoms with Gasteiger partial charge in [-0.15, -0.1) is 0 Å². The van der Waals surface area contributed by atoms with E-state index in [1.54, 1.807) is 6.66 Å². The zero-order valence-corrected chi connectivity index (χ0v) is 16.3. The van der Waals surface area contributed by atoms with Crippen molar-refractivity contribution in [2.24, 2.45) is 0 Å². The minimum atomic E-state index is -0.729. The predicted molar refractivity (Wildman–Crippen MR) is 80.4 cm³/mol. The van der Waals surface area contributed by atoms with Crippen LogP contribution in [-0.4, -0.2) is 0 Å². The van der Waals surface area contributed by atoms with E-state index in [1.165, 1.54) is 24.0 Å². The Hall–Kier alpha value is -0.830. The summed E-state index contributed by atoms with van der Waals surface area (Å²) in [5.41, 5.74) is 2.86. The van der Waals surface area contributed by atoms with Gasteiger partial charge in [0.15, 0.2) is 0 Å². The summed E-state index contributed by atoms with van der Waals surface area (Å²) in [6.45, 7) is 4.38. The molecule has 112 valence electrons. The first kappa shape index (κ1) is 20.2. The van der Waals surface area contributed by atoms with Crippen molar-refractivity contribution in [3.05, 3.63) is 66.4 Å². The molecule has 0 aliphatic heterocycles. The number of halogens is 2. The van der Waals surface area contributed by atoms with E-state index in [9.17, 15) is 0 Å². The third-order valence-electron chi connectivity index (χ3n) is 3.21. The Morgan fingerprint density at radius 3 is 1.67 bits per heavy atom. The monoisotopic (exact) mass is 456 g/mol. The van der Waals surface area contributed by atoms with Crippen molar-refractivity contribution in [1.29, 1.82) is 0 Å². The van der Waals surface area contributed by atoms with Crippen LogP contribution in [0.15, 0.2) is 66.4 Å². The van der Waals surface area contributed by atoms with Crippen LogP contribution in [0.1, 0.15) is 39.5 Å². The molecule has 0 bridgehead atoms. The molecule has 0 atom stereocenters. The fraction of sp³-hybridized carbons (Fsp3) is 0.333. The summed E-state index contributed by atoms with van der Waals surface area (Å²) in [4.78, 5) is 0. The molecular weight excluding hydrogens is 433 g/mol. The van der Waals surface area contributed by atoms with Gasteiger partial charge in [0.05, 0.1) is 0 Å². The summed E-state index contributed by atoms with van der Waals surface area (Å²) < 4.78 is 3.49. The van der Waals surface area contributed by atoms with E-state index in [2.05, 4.69) is 62.5 Å². The normalized spacial score (nSPS) is 16.9. The Balaban J connectivity index is 0.00000200. The van der Waals surface area contributed by atoms with Gasteiger partial charge >= 0.3 is 129 Å². The van der Waals surface area contributed by atoms with Crippen LogP contribution in [0.5, 0.6) is 0 Å². The first-order valence-corrected chi connectivity index (χ1v) is 10.8. The molecule has 0 spiro atoms. The van der Waals surface area contributed by atoms with E-state index in [4.69, 9.17) is 0 Å². The fourth-order valence-electron chi connectivity index (χ4n) is 2.21. The predicted octanol–water partition coefficient (Wildman–Crippen LogP) is -0.563.